The Morgan fingerprint density at radius 2 is 1.88 bits per heavy atom. The van der Waals surface area contributed by atoms with Gasteiger partial charge < -0.3 is 24.8 Å². The van der Waals surface area contributed by atoms with E-state index in [0.29, 0.717) is 18.0 Å². The molecule has 1 aliphatic rings. The molecule has 1 aromatic heterocycles. The lowest BCUT2D eigenvalue weighted by Crippen LogP contribution is -2.46. The van der Waals surface area contributed by atoms with E-state index >= 15 is 0 Å². The minimum atomic E-state index is -0.665. The maximum atomic E-state index is 12.9. The van der Waals surface area contributed by atoms with E-state index in [4.69, 9.17) is 14.2 Å². The van der Waals surface area contributed by atoms with Gasteiger partial charge in [-0.25, -0.2) is 9.78 Å². The van der Waals surface area contributed by atoms with E-state index in [9.17, 15) is 14.9 Å². The van der Waals surface area contributed by atoms with Crippen LogP contribution >= 0.6 is 0 Å². The van der Waals surface area contributed by atoms with E-state index < -0.39 is 10.9 Å². The average Bonchev–Trinajstić information content (AvgIpc) is 2.98. The number of ether oxygens (including phenoxy) is 3. The Morgan fingerprint density at radius 3 is 2.56 bits per heavy atom. The summed E-state index contributed by atoms with van der Waals surface area (Å²) in [4.78, 5) is 31.5. The smallest absolute Gasteiger partial charge is 0.342 e. The second-order valence-electron chi connectivity index (χ2n) is 10.0. The predicted molar refractivity (Wildman–Crippen MR) is 157 cm³/mol. The molecule has 2 N–H and O–H groups in total. The van der Waals surface area contributed by atoms with Crippen LogP contribution in [-0.2, 0) is 17.8 Å². The van der Waals surface area contributed by atoms with Crippen molar-refractivity contribution in [3.05, 3.63) is 81.5 Å². The normalized spacial score (nSPS) is 17.0. The lowest BCUT2D eigenvalue weighted by Gasteiger charge is -2.38. The van der Waals surface area contributed by atoms with Crippen molar-refractivity contribution in [2.45, 2.75) is 39.4 Å². The van der Waals surface area contributed by atoms with Crippen molar-refractivity contribution in [3.63, 3.8) is 0 Å². The fraction of sp³-hybridized carbons (Fsp3) is 0.400. The van der Waals surface area contributed by atoms with Crippen molar-refractivity contribution in [2.75, 3.05) is 44.5 Å². The minimum absolute atomic E-state index is 0.0302. The van der Waals surface area contributed by atoms with E-state index in [1.165, 1.54) is 11.8 Å². The lowest BCUT2D eigenvalue weighted by molar-refractivity contribution is -0.383. The number of rotatable bonds is 12. The number of esters is 1. The Bertz CT molecular complexity index is 1350. The van der Waals surface area contributed by atoms with Gasteiger partial charge >= 0.3 is 11.7 Å². The Morgan fingerprint density at radius 1 is 1.12 bits per heavy atom. The molecule has 1 aliphatic heterocycles. The average molecular weight is 564 g/mol. The van der Waals surface area contributed by atoms with Crippen molar-refractivity contribution in [1.29, 1.82) is 0 Å². The number of piperidine rings is 1. The van der Waals surface area contributed by atoms with Gasteiger partial charge in [-0.3, -0.25) is 15.0 Å². The van der Waals surface area contributed by atoms with Gasteiger partial charge in [0.25, 0.3) is 0 Å². The number of nitrogens with zero attached hydrogens (tertiary/aromatic N) is 3. The third-order valence-electron chi connectivity index (χ3n) is 7.26. The van der Waals surface area contributed by atoms with E-state index in [1.807, 2.05) is 24.3 Å². The summed E-state index contributed by atoms with van der Waals surface area (Å²) in [5.41, 5.74) is 1.84. The first-order chi connectivity index (χ1) is 19.8. The standard InChI is InChI=1S/C30H37N5O6/c1-5-41-30(36)23-17-32-29(31-16-22-11-12-25(39-3)26(15-22)40-4)28(35(37)38)27(23)33-24-19-34(14-13-20(24)2)18-21-9-7-6-8-10-21/h6-12,15,17,20,24H,5,13-14,16,18-19H2,1-4H3,(H2,31,32,33)/t20-,24+/m0/s1. The molecule has 218 valence electrons. The maximum Gasteiger partial charge on any atom is 0.342 e. The molecule has 1 saturated heterocycles. The number of pyridine rings is 1. The first-order valence-corrected chi connectivity index (χ1v) is 13.7. The second kappa shape index (κ2) is 13.8. The first kappa shape index (κ1) is 29.6. The molecule has 11 heteroatoms. The fourth-order valence-corrected chi connectivity index (χ4v) is 4.99. The number of anilines is 2. The molecule has 0 bridgehead atoms. The Kier molecular flexibility index (Phi) is 9.96. The number of methoxy groups -OCH3 is 2. The molecule has 3 aromatic rings. The number of benzene rings is 2. The number of nitro groups is 1. The number of hydrogen-bond donors (Lipinski definition) is 2. The van der Waals surface area contributed by atoms with Crippen LogP contribution in [0.25, 0.3) is 0 Å². The highest BCUT2D eigenvalue weighted by Gasteiger charge is 2.33. The van der Waals surface area contributed by atoms with Crippen LogP contribution in [0.15, 0.2) is 54.7 Å². The summed E-state index contributed by atoms with van der Waals surface area (Å²) in [7, 11) is 3.09. The first-order valence-electron chi connectivity index (χ1n) is 13.7. The van der Waals surface area contributed by atoms with Crippen molar-refractivity contribution in [3.8, 4) is 11.5 Å². The summed E-state index contributed by atoms with van der Waals surface area (Å²) in [6.07, 6.45) is 2.24. The molecule has 0 saturated carbocycles. The topological polar surface area (TPSA) is 128 Å². The molecule has 0 aliphatic carbocycles. The molecule has 2 aromatic carbocycles. The van der Waals surface area contributed by atoms with Gasteiger partial charge in [0.05, 0.1) is 25.7 Å². The molecule has 2 atom stereocenters. The second-order valence-corrected chi connectivity index (χ2v) is 10.0. The summed E-state index contributed by atoms with van der Waals surface area (Å²) in [6.45, 7) is 6.52. The number of aromatic nitrogens is 1. The summed E-state index contributed by atoms with van der Waals surface area (Å²) in [5.74, 6) is 0.716. The summed E-state index contributed by atoms with van der Waals surface area (Å²) in [6, 6.07) is 15.4. The van der Waals surface area contributed by atoms with Crippen molar-refractivity contribution in [1.82, 2.24) is 9.88 Å². The minimum Gasteiger partial charge on any atom is -0.493 e. The number of carbonyl (C=O) groups excluding carboxylic acids is 1. The molecule has 41 heavy (non-hydrogen) atoms. The van der Waals surface area contributed by atoms with E-state index in [0.717, 1.165) is 25.1 Å². The molecule has 4 rings (SSSR count). The van der Waals surface area contributed by atoms with Crippen LogP contribution in [0.4, 0.5) is 17.2 Å². The monoisotopic (exact) mass is 563 g/mol. The number of carbonyl (C=O) groups is 1. The van der Waals surface area contributed by atoms with Gasteiger partial charge in [-0.15, -0.1) is 0 Å². The molecule has 2 heterocycles. The van der Waals surface area contributed by atoms with Crippen LogP contribution in [0, 0.1) is 16.0 Å². The number of likely N-dealkylation sites (tertiary alicyclic amines) is 1. The van der Waals surface area contributed by atoms with Gasteiger partial charge in [-0.05, 0) is 49.1 Å². The number of nitrogens with one attached hydrogen (secondary N) is 2. The third kappa shape index (κ3) is 7.23. The summed E-state index contributed by atoms with van der Waals surface area (Å²) in [5, 5.41) is 18.9. The highest BCUT2D eigenvalue weighted by atomic mass is 16.6. The highest BCUT2D eigenvalue weighted by Crippen LogP contribution is 2.37. The van der Waals surface area contributed by atoms with Gasteiger partial charge in [0.1, 0.15) is 11.3 Å². The Labute approximate surface area is 240 Å². The van der Waals surface area contributed by atoms with Gasteiger partial charge in [-0.1, -0.05) is 43.3 Å². The Balaban J connectivity index is 1.64. The van der Waals surface area contributed by atoms with E-state index in [-0.39, 0.29) is 47.9 Å². The zero-order valence-electron chi connectivity index (χ0n) is 23.9. The quantitative estimate of drug-likeness (QED) is 0.174. The van der Waals surface area contributed by atoms with Crippen molar-refractivity contribution in [2.24, 2.45) is 5.92 Å². The highest BCUT2D eigenvalue weighted by molar-refractivity contribution is 5.99. The molecule has 0 amide bonds. The molecular formula is C30H37N5O6. The van der Waals surface area contributed by atoms with E-state index in [1.54, 1.807) is 33.3 Å². The molecule has 0 spiro atoms. The molecule has 1 fully saturated rings. The van der Waals surface area contributed by atoms with E-state index in [2.05, 4.69) is 39.6 Å². The molecule has 0 radical (unpaired) electrons. The summed E-state index contributed by atoms with van der Waals surface area (Å²) >= 11 is 0. The largest absolute Gasteiger partial charge is 0.493 e. The summed E-state index contributed by atoms with van der Waals surface area (Å²) < 4.78 is 15.9. The number of hydrogen-bond acceptors (Lipinski definition) is 10. The van der Waals surface area contributed by atoms with Gasteiger partial charge in [0, 0.05) is 31.9 Å². The van der Waals surface area contributed by atoms with Crippen LogP contribution < -0.4 is 20.1 Å². The Hall–Kier alpha value is -4.38. The van der Waals surface area contributed by atoms with Crippen LogP contribution in [0.3, 0.4) is 0 Å². The van der Waals surface area contributed by atoms with Gasteiger partial charge in [0.15, 0.2) is 11.5 Å². The van der Waals surface area contributed by atoms with Crippen LogP contribution in [0.2, 0.25) is 0 Å². The SMILES string of the molecule is CCOC(=O)c1cnc(NCc2ccc(OC)c(OC)c2)c([N+](=O)[O-])c1N[C@@H]1CN(Cc2ccccc2)CC[C@@H]1C. The van der Waals surface area contributed by atoms with Crippen LogP contribution in [-0.4, -0.2) is 60.7 Å². The predicted octanol–water partition coefficient (Wildman–Crippen LogP) is 5.12. The zero-order valence-corrected chi connectivity index (χ0v) is 23.9. The molecule has 11 nitrogen and oxygen atoms in total. The molecule has 0 unspecified atom stereocenters. The van der Waals surface area contributed by atoms with Crippen LogP contribution in [0.1, 0.15) is 41.8 Å². The van der Waals surface area contributed by atoms with Crippen molar-refractivity contribution >= 4 is 23.2 Å². The zero-order chi connectivity index (χ0) is 29.4. The van der Waals surface area contributed by atoms with Gasteiger partial charge in [-0.2, -0.15) is 0 Å². The third-order valence-corrected chi connectivity index (χ3v) is 7.26. The molecular weight excluding hydrogens is 526 g/mol. The van der Waals surface area contributed by atoms with Crippen molar-refractivity contribution < 1.29 is 23.9 Å². The van der Waals surface area contributed by atoms with Gasteiger partial charge in [0.2, 0.25) is 5.82 Å². The maximum absolute atomic E-state index is 12.9. The lowest BCUT2D eigenvalue weighted by atomic mass is 9.92. The fourth-order valence-electron chi connectivity index (χ4n) is 4.99. The van der Waals surface area contributed by atoms with Crippen LogP contribution in [0.5, 0.6) is 11.5 Å².